The molecule has 15 heavy (non-hydrogen) atoms. The second-order valence-electron chi connectivity index (χ2n) is 4.11. The van der Waals surface area contributed by atoms with E-state index in [2.05, 4.69) is 0 Å². The number of carbonyl (C=O) groups is 2. The Balaban J connectivity index is 2.10. The molecule has 4 atom stereocenters. The highest BCUT2D eigenvalue weighted by Gasteiger charge is 2.67. The Morgan fingerprint density at radius 3 is 2.87 bits per heavy atom. The molecule has 0 aromatic rings. The maximum absolute atomic E-state index is 11.9. The number of likely N-dealkylation sites (tertiary alicyclic amines) is 1. The summed E-state index contributed by atoms with van der Waals surface area (Å²) in [6, 6.07) is 0. The second-order valence-corrected chi connectivity index (χ2v) is 4.11. The number of hydrogen-bond acceptors (Lipinski definition) is 4. The largest absolute Gasteiger partial charge is 0.349 e. The van der Waals surface area contributed by atoms with E-state index < -0.39 is 17.6 Å². The molecule has 0 aliphatic carbocycles. The van der Waals surface area contributed by atoms with Gasteiger partial charge < -0.3 is 9.47 Å². The smallest absolute Gasteiger partial charge is 0.238 e. The lowest BCUT2D eigenvalue weighted by Crippen LogP contribution is -2.41. The third kappa shape index (κ3) is 0.815. The molecule has 2 saturated heterocycles. The number of imide groups is 1. The molecule has 5 heteroatoms. The summed E-state index contributed by atoms with van der Waals surface area (Å²) in [6.45, 7) is 0. The minimum atomic E-state index is -1.01. The van der Waals surface area contributed by atoms with Gasteiger partial charge in [0.2, 0.25) is 17.6 Å². The second kappa shape index (κ2) is 2.48. The molecule has 2 bridgehead atoms. The van der Waals surface area contributed by atoms with Gasteiger partial charge in [-0.1, -0.05) is 6.08 Å². The van der Waals surface area contributed by atoms with Gasteiger partial charge in [0.25, 0.3) is 0 Å². The van der Waals surface area contributed by atoms with Crippen LogP contribution in [0.3, 0.4) is 0 Å². The zero-order chi connectivity index (χ0) is 10.8. The van der Waals surface area contributed by atoms with E-state index in [1.54, 1.807) is 12.2 Å². The number of methoxy groups -OCH3 is 1. The van der Waals surface area contributed by atoms with Crippen molar-refractivity contribution in [3.63, 3.8) is 0 Å². The lowest BCUT2D eigenvalue weighted by molar-refractivity contribution is -0.185. The third-order valence-corrected chi connectivity index (χ3v) is 3.52. The summed E-state index contributed by atoms with van der Waals surface area (Å²) < 4.78 is 10.8. The number of nitrogens with zero attached hydrogens (tertiary/aromatic N) is 1. The number of ether oxygens (including phenoxy) is 2. The molecular weight excluding hydrogens is 198 g/mol. The first-order valence-corrected chi connectivity index (χ1v) is 4.84. The monoisotopic (exact) mass is 209 g/mol. The normalized spacial score (nSPS) is 46.8. The van der Waals surface area contributed by atoms with Crippen molar-refractivity contribution >= 4 is 11.8 Å². The maximum Gasteiger partial charge on any atom is 0.238 e. The van der Waals surface area contributed by atoms with Crippen LogP contribution in [-0.4, -0.2) is 42.8 Å². The number of amides is 2. The first kappa shape index (κ1) is 9.06. The van der Waals surface area contributed by atoms with Crippen molar-refractivity contribution in [1.29, 1.82) is 0 Å². The van der Waals surface area contributed by atoms with E-state index in [4.69, 9.17) is 9.47 Å². The molecule has 0 aromatic heterocycles. The predicted octanol–water partition coefficient (Wildman–Crippen LogP) is -0.471. The van der Waals surface area contributed by atoms with Gasteiger partial charge in [-0.3, -0.25) is 14.5 Å². The summed E-state index contributed by atoms with van der Waals surface area (Å²) in [7, 11) is 3.00. The van der Waals surface area contributed by atoms with Gasteiger partial charge in [-0.25, -0.2) is 0 Å². The molecule has 0 radical (unpaired) electrons. The van der Waals surface area contributed by atoms with Crippen molar-refractivity contribution < 1.29 is 19.1 Å². The van der Waals surface area contributed by atoms with Crippen LogP contribution in [0.1, 0.15) is 0 Å². The van der Waals surface area contributed by atoms with Gasteiger partial charge in [0, 0.05) is 14.2 Å². The van der Waals surface area contributed by atoms with Crippen molar-refractivity contribution in [2.45, 2.75) is 11.9 Å². The molecule has 3 aliphatic heterocycles. The van der Waals surface area contributed by atoms with Crippen LogP contribution in [-0.2, 0) is 19.1 Å². The Kier molecular flexibility index (Phi) is 1.50. The van der Waals surface area contributed by atoms with Crippen LogP contribution in [0, 0.1) is 11.8 Å². The van der Waals surface area contributed by atoms with Gasteiger partial charge in [0.05, 0.1) is 12.0 Å². The van der Waals surface area contributed by atoms with E-state index in [1.165, 1.54) is 19.1 Å². The van der Waals surface area contributed by atoms with Crippen LogP contribution < -0.4 is 0 Å². The van der Waals surface area contributed by atoms with Crippen molar-refractivity contribution in [3.05, 3.63) is 12.2 Å². The quantitative estimate of drug-likeness (QED) is 0.432. The first-order valence-electron chi connectivity index (χ1n) is 4.84. The topological polar surface area (TPSA) is 55.8 Å². The summed E-state index contributed by atoms with van der Waals surface area (Å²) in [6.07, 6.45) is 3.23. The zero-order valence-electron chi connectivity index (χ0n) is 8.47. The molecule has 3 heterocycles. The molecule has 0 aromatic carbocycles. The third-order valence-electron chi connectivity index (χ3n) is 3.52. The van der Waals surface area contributed by atoms with Crippen molar-refractivity contribution in [2.75, 3.05) is 14.2 Å². The van der Waals surface area contributed by atoms with Crippen molar-refractivity contribution in [2.24, 2.45) is 11.8 Å². The van der Waals surface area contributed by atoms with Gasteiger partial charge in [-0.05, 0) is 6.08 Å². The van der Waals surface area contributed by atoms with Gasteiger partial charge in [0.15, 0.2) is 0 Å². The van der Waals surface area contributed by atoms with E-state index in [1.807, 2.05) is 0 Å². The molecule has 2 amide bonds. The molecule has 5 nitrogen and oxygen atoms in total. The molecular formula is C10H11NO4. The summed E-state index contributed by atoms with van der Waals surface area (Å²) in [4.78, 5) is 24.8. The van der Waals surface area contributed by atoms with Crippen molar-refractivity contribution in [3.8, 4) is 0 Å². The lowest BCUT2D eigenvalue weighted by Gasteiger charge is -2.26. The fourth-order valence-corrected chi connectivity index (χ4v) is 2.72. The molecule has 4 unspecified atom stereocenters. The Morgan fingerprint density at radius 1 is 1.47 bits per heavy atom. The number of rotatable bonds is 1. The minimum Gasteiger partial charge on any atom is -0.349 e. The van der Waals surface area contributed by atoms with Crippen LogP contribution in [0.15, 0.2) is 12.2 Å². The number of fused-ring (bicyclic) bond motifs is 5. The van der Waals surface area contributed by atoms with Crippen LogP contribution in [0.2, 0.25) is 0 Å². The van der Waals surface area contributed by atoms with Crippen LogP contribution >= 0.6 is 0 Å². The molecule has 0 N–H and O–H groups in total. The predicted molar refractivity (Wildman–Crippen MR) is 48.5 cm³/mol. The Morgan fingerprint density at radius 2 is 2.20 bits per heavy atom. The standard InChI is InChI=1S/C10H11NO4/c1-11-8(12)6-5-3-4-10(14-2,15-5)7(6)9(11)13/h3-7H,1-2H3. The Bertz CT molecular complexity index is 391. The van der Waals surface area contributed by atoms with Crippen molar-refractivity contribution in [1.82, 2.24) is 4.90 Å². The highest BCUT2D eigenvalue weighted by molar-refractivity contribution is 6.06. The van der Waals surface area contributed by atoms with E-state index in [0.29, 0.717) is 0 Å². The highest BCUT2D eigenvalue weighted by Crippen LogP contribution is 2.51. The summed E-state index contributed by atoms with van der Waals surface area (Å²) in [5, 5.41) is 0. The van der Waals surface area contributed by atoms with Gasteiger partial charge >= 0.3 is 0 Å². The average molecular weight is 209 g/mol. The molecule has 0 saturated carbocycles. The van der Waals surface area contributed by atoms with Gasteiger partial charge in [0.1, 0.15) is 5.92 Å². The minimum absolute atomic E-state index is 0.168. The van der Waals surface area contributed by atoms with E-state index >= 15 is 0 Å². The van der Waals surface area contributed by atoms with E-state index in [-0.39, 0.29) is 17.9 Å². The first-order chi connectivity index (χ1) is 7.10. The fourth-order valence-electron chi connectivity index (χ4n) is 2.72. The number of carbonyl (C=O) groups excluding carboxylic acids is 2. The fraction of sp³-hybridized carbons (Fsp3) is 0.600. The van der Waals surface area contributed by atoms with Crippen LogP contribution in [0.4, 0.5) is 0 Å². The zero-order valence-corrected chi connectivity index (χ0v) is 8.47. The average Bonchev–Trinajstić information content (AvgIpc) is 2.86. The molecule has 3 rings (SSSR count). The summed E-state index contributed by atoms with van der Waals surface area (Å²) in [5.41, 5.74) is 0. The maximum atomic E-state index is 11.9. The Labute approximate surface area is 86.6 Å². The summed E-state index contributed by atoms with van der Waals surface area (Å²) in [5.74, 6) is -2.29. The van der Waals surface area contributed by atoms with Crippen LogP contribution in [0.5, 0.6) is 0 Å². The highest BCUT2D eigenvalue weighted by atomic mass is 16.7. The van der Waals surface area contributed by atoms with Crippen LogP contribution in [0.25, 0.3) is 0 Å². The molecule has 2 fully saturated rings. The SMILES string of the molecule is COC12C=CC(O1)C1C(=O)N(C)C(=O)C12. The van der Waals surface area contributed by atoms with Gasteiger partial charge in [-0.2, -0.15) is 0 Å². The molecule has 80 valence electrons. The Hall–Kier alpha value is -1.20. The molecule has 0 spiro atoms. The summed E-state index contributed by atoms with van der Waals surface area (Å²) >= 11 is 0. The van der Waals surface area contributed by atoms with Gasteiger partial charge in [-0.15, -0.1) is 0 Å². The van der Waals surface area contributed by atoms with E-state index in [0.717, 1.165) is 0 Å². The van der Waals surface area contributed by atoms with E-state index in [9.17, 15) is 9.59 Å². The lowest BCUT2D eigenvalue weighted by atomic mass is 9.83. The number of hydrogen-bond donors (Lipinski definition) is 0. The molecule has 3 aliphatic rings.